The zero-order valence-electron chi connectivity index (χ0n) is 17.1. The number of thioether (sulfide) groups is 1. The minimum atomic E-state index is 0.239. The van der Waals surface area contributed by atoms with E-state index in [1.165, 1.54) is 0 Å². The van der Waals surface area contributed by atoms with Gasteiger partial charge in [-0.15, -0.1) is 5.10 Å². The lowest BCUT2D eigenvalue weighted by Gasteiger charge is -2.16. The maximum atomic E-state index is 6.26. The molecular weight excluding hydrogens is 525 g/mol. The van der Waals surface area contributed by atoms with Crippen LogP contribution in [-0.4, -0.2) is 39.1 Å². The van der Waals surface area contributed by atoms with Crippen molar-refractivity contribution in [1.29, 1.82) is 0 Å². The molecule has 7 nitrogen and oxygen atoms in total. The number of benzene rings is 2. The second kappa shape index (κ2) is 11.9. The summed E-state index contributed by atoms with van der Waals surface area (Å²) in [6.45, 7) is 4.19. The maximum absolute atomic E-state index is 6.26. The molecule has 3 aromatic rings. The summed E-state index contributed by atoms with van der Waals surface area (Å²) < 4.78 is 14.3. The van der Waals surface area contributed by atoms with Crippen molar-refractivity contribution in [3.8, 4) is 11.5 Å². The third-order valence-corrected chi connectivity index (χ3v) is 6.52. The highest BCUT2D eigenvalue weighted by Crippen LogP contribution is 2.38. The van der Waals surface area contributed by atoms with Crippen molar-refractivity contribution in [2.75, 3.05) is 18.9 Å². The first-order chi connectivity index (χ1) is 15.0. The summed E-state index contributed by atoms with van der Waals surface area (Å²) in [6, 6.07) is 9.38. The van der Waals surface area contributed by atoms with Crippen LogP contribution in [0.25, 0.3) is 0 Å². The average molecular weight is 547 g/mol. The van der Waals surface area contributed by atoms with Gasteiger partial charge in [0, 0.05) is 41.5 Å². The van der Waals surface area contributed by atoms with E-state index < -0.39 is 0 Å². The fraction of sp³-hybridized carbons (Fsp3) is 0.350. The van der Waals surface area contributed by atoms with Crippen molar-refractivity contribution >= 4 is 50.9 Å². The normalized spacial score (nSPS) is 11.0. The van der Waals surface area contributed by atoms with Crippen LogP contribution in [-0.2, 0) is 20.2 Å². The molecule has 166 valence electrons. The molecule has 0 aliphatic heterocycles. The summed E-state index contributed by atoms with van der Waals surface area (Å²) in [5.41, 5.74) is 1.81. The molecule has 1 heterocycles. The highest BCUT2D eigenvalue weighted by atomic mass is 79.9. The molecule has 0 radical (unpaired) electrons. The predicted octanol–water partition coefficient (Wildman–Crippen LogP) is 5.14. The molecular formula is C20H22BrCl2N5O2S. The van der Waals surface area contributed by atoms with E-state index in [9.17, 15) is 0 Å². The number of nitrogens with zero attached hydrogens (tertiary/aromatic N) is 4. The Balaban J connectivity index is 1.60. The van der Waals surface area contributed by atoms with Crippen LogP contribution in [0.2, 0.25) is 10.0 Å². The van der Waals surface area contributed by atoms with Gasteiger partial charge in [0.2, 0.25) is 5.16 Å². The summed E-state index contributed by atoms with van der Waals surface area (Å²) in [5.74, 6) is 2.14. The van der Waals surface area contributed by atoms with Crippen LogP contribution in [0, 0.1) is 0 Å². The summed E-state index contributed by atoms with van der Waals surface area (Å²) in [7, 11) is 1.83. The first-order valence-corrected chi connectivity index (χ1v) is 12.1. The highest BCUT2D eigenvalue weighted by Gasteiger charge is 2.14. The molecule has 11 heteroatoms. The smallest absolute Gasteiger partial charge is 0.209 e. The Morgan fingerprint density at radius 2 is 1.97 bits per heavy atom. The Morgan fingerprint density at radius 1 is 1.19 bits per heavy atom. The van der Waals surface area contributed by atoms with E-state index >= 15 is 0 Å². The molecule has 0 bridgehead atoms. The second-order valence-corrected chi connectivity index (χ2v) is 9.17. The first-order valence-electron chi connectivity index (χ1n) is 9.56. The molecule has 0 amide bonds. The summed E-state index contributed by atoms with van der Waals surface area (Å²) in [6.07, 6.45) is 0. The van der Waals surface area contributed by atoms with Gasteiger partial charge in [0.1, 0.15) is 6.61 Å². The molecule has 1 aromatic heterocycles. The molecule has 1 N–H and O–H groups in total. The Morgan fingerprint density at radius 3 is 2.65 bits per heavy atom. The van der Waals surface area contributed by atoms with Gasteiger partial charge in [-0.05, 0) is 63.1 Å². The monoisotopic (exact) mass is 545 g/mol. The molecule has 0 aliphatic rings. The van der Waals surface area contributed by atoms with Crippen molar-refractivity contribution in [2.24, 2.45) is 7.05 Å². The lowest BCUT2D eigenvalue weighted by Crippen LogP contribution is -2.17. The number of rotatable bonds is 11. The van der Waals surface area contributed by atoms with Crippen molar-refractivity contribution in [1.82, 2.24) is 25.5 Å². The summed E-state index contributed by atoms with van der Waals surface area (Å²) >= 11 is 17.7. The fourth-order valence-electron chi connectivity index (χ4n) is 2.73. The fourth-order valence-corrected chi connectivity index (χ4v) is 4.59. The van der Waals surface area contributed by atoms with Gasteiger partial charge in [0.15, 0.2) is 11.5 Å². The Labute approximate surface area is 203 Å². The Kier molecular flexibility index (Phi) is 9.28. The minimum absolute atomic E-state index is 0.239. The molecule has 31 heavy (non-hydrogen) atoms. The van der Waals surface area contributed by atoms with Crippen LogP contribution < -0.4 is 14.8 Å². The van der Waals surface area contributed by atoms with Gasteiger partial charge < -0.3 is 14.8 Å². The van der Waals surface area contributed by atoms with Gasteiger partial charge in [-0.3, -0.25) is 0 Å². The molecule has 3 rings (SSSR count). The zero-order valence-corrected chi connectivity index (χ0v) is 21.0. The van der Waals surface area contributed by atoms with Crippen LogP contribution in [0.4, 0.5) is 0 Å². The van der Waals surface area contributed by atoms with Crippen LogP contribution >= 0.6 is 50.9 Å². The van der Waals surface area contributed by atoms with Crippen LogP contribution in [0.15, 0.2) is 40.0 Å². The van der Waals surface area contributed by atoms with E-state index in [-0.39, 0.29) is 6.61 Å². The Bertz CT molecular complexity index is 1000. The van der Waals surface area contributed by atoms with Gasteiger partial charge in [0.25, 0.3) is 0 Å². The molecule has 0 fully saturated rings. The molecule has 0 unspecified atom stereocenters. The van der Waals surface area contributed by atoms with E-state index in [2.05, 4.69) is 36.8 Å². The number of ether oxygens (including phenoxy) is 2. The summed E-state index contributed by atoms with van der Waals surface area (Å²) in [5, 5.41) is 16.8. The van der Waals surface area contributed by atoms with E-state index in [0.717, 1.165) is 33.1 Å². The van der Waals surface area contributed by atoms with Gasteiger partial charge in [0.05, 0.1) is 11.1 Å². The van der Waals surface area contributed by atoms with Crippen molar-refractivity contribution in [2.45, 2.75) is 25.2 Å². The van der Waals surface area contributed by atoms with Crippen molar-refractivity contribution in [3.05, 3.63) is 56.0 Å². The van der Waals surface area contributed by atoms with E-state index in [4.69, 9.17) is 32.7 Å². The predicted molar refractivity (Wildman–Crippen MR) is 127 cm³/mol. The zero-order chi connectivity index (χ0) is 22.2. The number of hydrogen-bond donors (Lipinski definition) is 1. The second-order valence-electron chi connectivity index (χ2n) is 6.44. The third-order valence-electron chi connectivity index (χ3n) is 4.21. The number of halogens is 3. The van der Waals surface area contributed by atoms with Crippen LogP contribution in [0.5, 0.6) is 11.5 Å². The van der Waals surface area contributed by atoms with Crippen LogP contribution in [0.1, 0.15) is 18.1 Å². The largest absolute Gasteiger partial charge is 0.490 e. The van der Waals surface area contributed by atoms with Gasteiger partial charge >= 0.3 is 0 Å². The third kappa shape index (κ3) is 6.73. The first kappa shape index (κ1) is 24.1. The lowest BCUT2D eigenvalue weighted by atomic mass is 10.2. The number of hydrogen-bond acceptors (Lipinski definition) is 7. The molecule has 0 atom stereocenters. The van der Waals surface area contributed by atoms with E-state index in [0.29, 0.717) is 34.7 Å². The van der Waals surface area contributed by atoms with E-state index in [1.54, 1.807) is 34.6 Å². The molecule has 0 spiro atoms. The maximum Gasteiger partial charge on any atom is 0.209 e. The number of tetrazole rings is 1. The summed E-state index contributed by atoms with van der Waals surface area (Å²) in [4.78, 5) is 0. The quantitative estimate of drug-likeness (QED) is 0.263. The topological polar surface area (TPSA) is 74.1 Å². The number of nitrogens with one attached hydrogen (secondary N) is 1. The van der Waals surface area contributed by atoms with Gasteiger partial charge in [-0.2, -0.15) is 0 Å². The minimum Gasteiger partial charge on any atom is -0.490 e. The van der Waals surface area contributed by atoms with E-state index in [1.807, 2.05) is 26.1 Å². The average Bonchev–Trinajstić information content (AvgIpc) is 3.14. The molecule has 0 saturated carbocycles. The Hall–Kier alpha value is -1.52. The van der Waals surface area contributed by atoms with Gasteiger partial charge in [-0.25, -0.2) is 4.68 Å². The molecule has 0 aliphatic carbocycles. The van der Waals surface area contributed by atoms with Crippen LogP contribution in [0.3, 0.4) is 0 Å². The van der Waals surface area contributed by atoms with Crippen molar-refractivity contribution in [3.63, 3.8) is 0 Å². The molecule has 2 aromatic carbocycles. The number of aromatic nitrogens is 4. The van der Waals surface area contributed by atoms with Gasteiger partial charge in [-0.1, -0.05) is 41.0 Å². The van der Waals surface area contributed by atoms with Crippen molar-refractivity contribution < 1.29 is 9.47 Å². The lowest BCUT2D eigenvalue weighted by molar-refractivity contribution is 0.267. The SMILES string of the molecule is CCOc1cc(CNCCSc2nnnn2C)cc(Br)c1OCc1c(Cl)cccc1Cl. The molecule has 0 saturated heterocycles. The standard InChI is InChI=1S/C20H22BrCl2N5O2S/c1-3-29-18-10-13(11-24-7-8-31-20-25-26-27-28(20)2)9-15(21)19(18)30-12-14-16(22)5-4-6-17(14)23/h4-6,9-10,24H,3,7-8,11-12H2,1-2H3. The number of aryl methyl sites for hydroxylation is 1. The highest BCUT2D eigenvalue weighted by molar-refractivity contribution is 9.10.